The molecule has 1 aromatic rings. The summed E-state index contributed by atoms with van der Waals surface area (Å²) in [6.07, 6.45) is 0.854. The highest BCUT2D eigenvalue weighted by atomic mass is 19.1. The van der Waals surface area contributed by atoms with Gasteiger partial charge in [-0.15, -0.1) is 0 Å². The van der Waals surface area contributed by atoms with Crippen LogP contribution in [0.15, 0.2) is 24.3 Å². The number of nitrogens with zero attached hydrogens (tertiary/aromatic N) is 1. The van der Waals surface area contributed by atoms with Crippen LogP contribution >= 0.6 is 0 Å². The van der Waals surface area contributed by atoms with Crippen LogP contribution in [0.2, 0.25) is 0 Å². The molecule has 1 rings (SSSR count). The van der Waals surface area contributed by atoms with Crippen molar-refractivity contribution >= 4 is 0 Å². The van der Waals surface area contributed by atoms with Crippen LogP contribution in [-0.2, 0) is 0 Å². The van der Waals surface area contributed by atoms with Gasteiger partial charge in [0.25, 0.3) is 0 Å². The minimum absolute atomic E-state index is 0.0830. The zero-order chi connectivity index (χ0) is 12.8. The van der Waals surface area contributed by atoms with Gasteiger partial charge in [0.1, 0.15) is 5.82 Å². The van der Waals surface area contributed by atoms with Crippen LogP contribution in [0.5, 0.6) is 0 Å². The molecule has 1 aromatic carbocycles. The Morgan fingerprint density at radius 2 is 2.06 bits per heavy atom. The van der Waals surface area contributed by atoms with Crippen LogP contribution < -0.4 is 5.73 Å². The summed E-state index contributed by atoms with van der Waals surface area (Å²) in [5.74, 6) is 0.443. The van der Waals surface area contributed by atoms with E-state index in [0.29, 0.717) is 5.92 Å². The summed E-state index contributed by atoms with van der Waals surface area (Å²) in [5, 5.41) is 0. The molecule has 2 N–H and O–H groups in total. The van der Waals surface area contributed by atoms with E-state index in [4.69, 9.17) is 5.73 Å². The average molecular weight is 238 g/mol. The van der Waals surface area contributed by atoms with E-state index in [2.05, 4.69) is 25.8 Å². The van der Waals surface area contributed by atoms with Crippen molar-refractivity contribution in [1.82, 2.24) is 4.90 Å². The fourth-order valence-corrected chi connectivity index (χ4v) is 1.98. The molecule has 0 aromatic heterocycles. The van der Waals surface area contributed by atoms with Gasteiger partial charge in [0.2, 0.25) is 0 Å². The second-order valence-electron chi connectivity index (χ2n) is 5.11. The van der Waals surface area contributed by atoms with Crippen molar-refractivity contribution in [1.29, 1.82) is 0 Å². The van der Waals surface area contributed by atoms with Crippen molar-refractivity contribution in [3.05, 3.63) is 35.6 Å². The largest absolute Gasteiger partial charge is 0.324 e. The molecule has 0 radical (unpaired) electrons. The van der Waals surface area contributed by atoms with Gasteiger partial charge in [-0.05, 0) is 43.6 Å². The highest BCUT2D eigenvalue weighted by Gasteiger charge is 2.09. The lowest BCUT2D eigenvalue weighted by molar-refractivity contribution is 0.284. The average Bonchev–Trinajstić information content (AvgIpc) is 2.25. The summed E-state index contributed by atoms with van der Waals surface area (Å²) >= 11 is 0. The third kappa shape index (κ3) is 5.29. The zero-order valence-electron chi connectivity index (χ0n) is 11.0. The molecule has 17 heavy (non-hydrogen) atoms. The van der Waals surface area contributed by atoms with Gasteiger partial charge >= 0.3 is 0 Å². The van der Waals surface area contributed by atoms with Crippen LogP contribution in [-0.4, -0.2) is 25.0 Å². The third-order valence-corrected chi connectivity index (χ3v) is 2.78. The lowest BCUT2D eigenvalue weighted by Crippen LogP contribution is -2.27. The number of rotatable bonds is 6. The lowest BCUT2D eigenvalue weighted by Gasteiger charge is -2.21. The number of nitrogens with two attached hydrogens (primary N) is 1. The first kappa shape index (κ1) is 14.1. The van der Waals surface area contributed by atoms with Crippen molar-refractivity contribution in [2.24, 2.45) is 11.7 Å². The molecule has 96 valence electrons. The molecule has 0 aliphatic rings. The molecule has 0 saturated carbocycles. The Labute approximate surface area is 104 Å². The molecule has 3 heteroatoms. The topological polar surface area (TPSA) is 29.3 Å². The van der Waals surface area contributed by atoms with Gasteiger partial charge in [0.15, 0.2) is 0 Å². The first-order valence-electron chi connectivity index (χ1n) is 6.18. The Morgan fingerprint density at radius 1 is 1.35 bits per heavy atom. The fraction of sp³-hybridized carbons (Fsp3) is 0.571. The zero-order valence-corrected chi connectivity index (χ0v) is 11.0. The molecule has 1 atom stereocenters. The summed E-state index contributed by atoms with van der Waals surface area (Å²) < 4.78 is 13.0. The summed E-state index contributed by atoms with van der Waals surface area (Å²) in [7, 11) is 2.10. The third-order valence-electron chi connectivity index (χ3n) is 2.78. The molecule has 0 spiro atoms. The standard InChI is InChI=1S/C14H23FN2/c1-11(2)10-17(3)8-7-14(16)12-5-4-6-13(15)9-12/h4-6,9,11,14H,7-8,10,16H2,1-3H3. The molecule has 0 saturated heterocycles. The van der Waals surface area contributed by atoms with Crippen LogP contribution in [0.1, 0.15) is 31.9 Å². The SMILES string of the molecule is CC(C)CN(C)CCC(N)c1cccc(F)c1. The van der Waals surface area contributed by atoms with E-state index in [1.165, 1.54) is 12.1 Å². The summed E-state index contributed by atoms with van der Waals surface area (Å²) in [5.41, 5.74) is 6.93. The Bertz CT molecular complexity index is 339. The Balaban J connectivity index is 2.42. The van der Waals surface area contributed by atoms with E-state index in [-0.39, 0.29) is 11.9 Å². The molecule has 0 aliphatic carbocycles. The summed E-state index contributed by atoms with van der Waals surface area (Å²) in [4.78, 5) is 2.27. The summed E-state index contributed by atoms with van der Waals surface area (Å²) in [6.45, 7) is 6.40. The highest BCUT2D eigenvalue weighted by Crippen LogP contribution is 2.15. The Kier molecular flexibility index (Phi) is 5.59. The quantitative estimate of drug-likeness (QED) is 0.825. The molecule has 2 nitrogen and oxygen atoms in total. The van der Waals surface area contributed by atoms with Crippen molar-refractivity contribution < 1.29 is 4.39 Å². The fourth-order valence-electron chi connectivity index (χ4n) is 1.98. The van der Waals surface area contributed by atoms with Gasteiger partial charge in [-0.3, -0.25) is 0 Å². The predicted octanol–water partition coefficient (Wildman–Crippen LogP) is 2.80. The first-order chi connectivity index (χ1) is 7.99. The van der Waals surface area contributed by atoms with Crippen molar-refractivity contribution in [2.75, 3.05) is 20.1 Å². The van der Waals surface area contributed by atoms with E-state index >= 15 is 0 Å². The van der Waals surface area contributed by atoms with E-state index in [0.717, 1.165) is 25.1 Å². The summed E-state index contributed by atoms with van der Waals surface area (Å²) in [6, 6.07) is 6.48. The molecule has 0 heterocycles. The molecular weight excluding hydrogens is 215 g/mol. The minimum atomic E-state index is -0.214. The van der Waals surface area contributed by atoms with Crippen molar-refractivity contribution in [3.63, 3.8) is 0 Å². The van der Waals surface area contributed by atoms with Crippen molar-refractivity contribution in [2.45, 2.75) is 26.3 Å². The van der Waals surface area contributed by atoms with Gasteiger partial charge in [-0.25, -0.2) is 4.39 Å². The van der Waals surface area contributed by atoms with Gasteiger partial charge in [-0.1, -0.05) is 26.0 Å². The Hall–Kier alpha value is -0.930. The van der Waals surface area contributed by atoms with Gasteiger partial charge in [0.05, 0.1) is 0 Å². The molecule has 0 amide bonds. The minimum Gasteiger partial charge on any atom is -0.324 e. The maximum absolute atomic E-state index is 13.0. The number of halogens is 1. The molecule has 1 unspecified atom stereocenters. The van der Waals surface area contributed by atoms with Gasteiger partial charge in [-0.2, -0.15) is 0 Å². The maximum Gasteiger partial charge on any atom is 0.123 e. The number of hydrogen-bond donors (Lipinski definition) is 1. The van der Waals surface area contributed by atoms with Crippen molar-refractivity contribution in [3.8, 4) is 0 Å². The molecule has 0 aliphatic heterocycles. The van der Waals surface area contributed by atoms with Crippen LogP contribution in [0.3, 0.4) is 0 Å². The number of benzene rings is 1. The van der Waals surface area contributed by atoms with E-state index in [1.807, 2.05) is 6.07 Å². The van der Waals surface area contributed by atoms with E-state index in [1.54, 1.807) is 6.07 Å². The van der Waals surface area contributed by atoms with Crippen LogP contribution in [0.4, 0.5) is 4.39 Å². The predicted molar refractivity (Wildman–Crippen MR) is 70.3 cm³/mol. The second-order valence-corrected chi connectivity index (χ2v) is 5.11. The van der Waals surface area contributed by atoms with E-state index in [9.17, 15) is 4.39 Å². The smallest absolute Gasteiger partial charge is 0.123 e. The maximum atomic E-state index is 13.0. The monoisotopic (exact) mass is 238 g/mol. The molecule has 0 fully saturated rings. The van der Waals surface area contributed by atoms with Gasteiger partial charge in [0, 0.05) is 12.6 Å². The Morgan fingerprint density at radius 3 is 2.65 bits per heavy atom. The molecular formula is C14H23FN2. The van der Waals surface area contributed by atoms with Crippen LogP contribution in [0, 0.1) is 11.7 Å². The molecule has 0 bridgehead atoms. The van der Waals surface area contributed by atoms with E-state index < -0.39 is 0 Å². The number of hydrogen-bond acceptors (Lipinski definition) is 2. The first-order valence-corrected chi connectivity index (χ1v) is 6.18. The normalized spacial score (nSPS) is 13.4. The second kappa shape index (κ2) is 6.72. The highest BCUT2D eigenvalue weighted by molar-refractivity contribution is 5.19. The lowest BCUT2D eigenvalue weighted by atomic mass is 10.0. The van der Waals surface area contributed by atoms with Crippen LogP contribution in [0.25, 0.3) is 0 Å². The van der Waals surface area contributed by atoms with Gasteiger partial charge < -0.3 is 10.6 Å².